The number of carbonyl (C=O) groups is 3. The Labute approximate surface area is 104 Å². The molecule has 0 bridgehead atoms. The highest BCUT2D eigenvalue weighted by Gasteiger charge is 2.37. The summed E-state index contributed by atoms with van der Waals surface area (Å²) in [7, 11) is 1.25. The SMILES string of the molecule is COC(=O)C1CC(O)CN1CC(=O)NNC(C)=O. The Kier molecular flexibility index (Phi) is 5.05. The summed E-state index contributed by atoms with van der Waals surface area (Å²) in [6.07, 6.45) is -0.428. The van der Waals surface area contributed by atoms with Gasteiger partial charge >= 0.3 is 5.97 Å². The van der Waals surface area contributed by atoms with E-state index in [2.05, 4.69) is 15.6 Å². The van der Waals surface area contributed by atoms with Crippen molar-refractivity contribution in [3.05, 3.63) is 0 Å². The molecule has 0 spiro atoms. The van der Waals surface area contributed by atoms with Gasteiger partial charge in [0.25, 0.3) is 5.91 Å². The van der Waals surface area contributed by atoms with Crippen LogP contribution >= 0.6 is 0 Å². The van der Waals surface area contributed by atoms with Crippen LogP contribution in [0.2, 0.25) is 0 Å². The maximum Gasteiger partial charge on any atom is 0.323 e. The maximum absolute atomic E-state index is 11.5. The molecule has 2 unspecified atom stereocenters. The smallest absolute Gasteiger partial charge is 0.323 e. The minimum absolute atomic E-state index is 0.100. The maximum atomic E-state index is 11.5. The van der Waals surface area contributed by atoms with Gasteiger partial charge in [0.1, 0.15) is 6.04 Å². The minimum Gasteiger partial charge on any atom is -0.468 e. The highest BCUT2D eigenvalue weighted by Crippen LogP contribution is 2.18. The summed E-state index contributed by atoms with van der Waals surface area (Å²) in [5, 5.41) is 9.49. The van der Waals surface area contributed by atoms with Crippen LogP contribution < -0.4 is 10.9 Å². The van der Waals surface area contributed by atoms with Crippen LogP contribution in [0, 0.1) is 0 Å². The number of nitrogens with one attached hydrogen (secondary N) is 2. The number of β-amino-alcohol motifs (C(OH)–C–C–N with tert-alkyl or cyclic N) is 1. The summed E-state index contributed by atoms with van der Waals surface area (Å²) >= 11 is 0. The lowest BCUT2D eigenvalue weighted by molar-refractivity contribution is -0.146. The Balaban J connectivity index is 2.50. The number of carbonyl (C=O) groups excluding carboxylic acids is 3. The van der Waals surface area contributed by atoms with E-state index in [1.54, 1.807) is 0 Å². The Morgan fingerprint density at radius 3 is 2.61 bits per heavy atom. The number of rotatable bonds is 3. The average Bonchev–Trinajstić information content (AvgIpc) is 2.66. The van der Waals surface area contributed by atoms with E-state index in [9.17, 15) is 19.5 Å². The van der Waals surface area contributed by atoms with Crippen LogP contribution in [0.5, 0.6) is 0 Å². The molecule has 2 amide bonds. The molecule has 1 heterocycles. The number of aliphatic hydroxyl groups excluding tert-OH is 1. The van der Waals surface area contributed by atoms with Gasteiger partial charge in [0.15, 0.2) is 0 Å². The number of esters is 1. The van der Waals surface area contributed by atoms with Crippen molar-refractivity contribution in [2.75, 3.05) is 20.2 Å². The van der Waals surface area contributed by atoms with Crippen LogP contribution in [-0.2, 0) is 19.1 Å². The topological polar surface area (TPSA) is 108 Å². The van der Waals surface area contributed by atoms with Crippen molar-refractivity contribution in [2.24, 2.45) is 0 Å². The molecule has 0 radical (unpaired) electrons. The first-order valence-electron chi connectivity index (χ1n) is 5.49. The van der Waals surface area contributed by atoms with Crippen LogP contribution in [0.4, 0.5) is 0 Å². The number of aliphatic hydroxyl groups is 1. The van der Waals surface area contributed by atoms with Crippen molar-refractivity contribution in [3.63, 3.8) is 0 Å². The Morgan fingerprint density at radius 2 is 2.06 bits per heavy atom. The van der Waals surface area contributed by atoms with Gasteiger partial charge in [-0.2, -0.15) is 0 Å². The molecule has 1 aliphatic rings. The molecule has 18 heavy (non-hydrogen) atoms. The lowest BCUT2D eigenvalue weighted by Crippen LogP contribution is -2.48. The van der Waals surface area contributed by atoms with Crippen molar-refractivity contribution < 1.29 is 24.2 Å². The standard InChI is InChI=1S/C10H17N3O5/c1-6(14)11-12-9(16)5-13-4-7(15)3-8(13)10(17)18-2/h7-8,15H,3-5H2,1-2H3,(H,11,14)(H,12,16). The van der Waals surface area contributed by atoms with Gasteiger partial charge in [0, 0.05) is 19.9 Å². The van der Waals surface area contributed by atoms with Crippen molar-refractivity contribution in [1.82, 2.24) is 15.8 Å². The number of hydrogen-bond donors (Lipinski definition) is 3. The van der Waals surface area contributed by atoms with E-state index in [-0.39, 0.29) is 19.5 Å². The predicted octanol–water partition coefficient (Wildman–Crippen LogP) is -2.24. The fourth-order valence-corrected chi connectivity index (χ4v) is 1.82. The average molecular weight is 259 g/mol. The number of hydrazine groups is 1. The third kappa shape index (κ3) is 3.97. The van der Waals surface area contributed by atoms with E-state index in [4.69, 9.17) is 0 Å². The van der Waals surface area contributed by atoms with E-state index in [0.29, 0.717) is 0 Å². The van der Waals surface area contributed by atoms with E-state index in [0.717, 1.165) is 0 Å². The molecule has 3 N–H and O–H groups in total. The number of nitrogens with zero attached hydrogens (tertiary/aromatic N) is 1. The van der Waals surface area contributed by atoms with E-state index < -0.39 is 29.9 Å². The third-order valence-electron chi connectivity index (χ3n) is 2.58. The van der Waals surface area contributed by atoms with Gasteiger partial charge in [-0.05, 0) is 0 Å². The molecule has 0 aromatic rings. The molecule has 8 heteroatoms. The van der Waals surface area contributed by atoms with Gasteiger partial charge in [-0.3, -0.25) is 30.1 Å². The van der Waals surface area contributed by atoms with Gasteiger partial charge in [-0.1, -0.05) is 0 Å². The highest BCUT2D eigenvalue weighted by atomic mass is 16.5. The van der Waals surface area contributed by atoms with Crippen LogP contribution in [-0.4, -0.2) is 60.1 Å². The molecule has 1 rings (SSSR count). The van der Waals surface area contributed by atoms with Gasteiger partial charge in [0.05, 0.1) is 19.8 Å². The predicted molar refractivity (Wildman–Crippen MR) is 60.0 cm³/mol. The first-order chi connectivity index (χ1) is 8.43. The minimum atomic E-state index is -0.664. The van der Waals surface area contributed by atoms with Gasteiger partial charge in [-0.25, -0.2) is 0 Å². The summed E-state index contributed by atoms with van der Waals surface area (Å²) in [6, 6.07) is -0.631. The summed E-state index contributed by atoms with van der Waals surface area (Å²) < 4.78 is 4.60. The summed E-state index contributed by atoms with van der Waals surface area (Å²) in [4.78, 5) is 35.0. The molecule has 2 atom stereocenters. The largest absolute Gasteiger partial charge is 0.468 e. The van der Waals surface area contributed by atoms with Crippen molar-refractivity contribution in [1.29, 1.82) is 0 Å². The molecule has 8 nitrogen and oxygen atoms in total. The van der Waals surface area contributed by atoms with Gasteiger partial charge < -0.3 is 9.84 Å². The molecule has 1 fully saturated rings. The number of methoxy groups -OCH3 is 1. The first-order valence-corrected chi connectivity index (χ1v) is 5.49. The monoisotopic (exact) mass is 259 g/mol. The molecule has 0 aromatic carbocycles. The number of amides is 2. The number of likely N-dealkylation sites (tertiary alicyclic amines) is 1. The Bertz CT molecular complexity index is 346. The number of ether oxygens (including phenoxy) is 1. The fourth-order valence-electron chi connectivity index (χ4n) is 1.82. The molecule has 0 saturated carbocycles. The second-order valence-electron chi connectivity index (χ2n) is 4.09. The molecule has 0 aliphatic carbocycles. The van der Waals surface area contributed by atoms with Crippen LogP contribution in [0.25, 0.3) is 0 Å². The molecule has 102 valence electrons. The molecule has 1 aliphatic heterocycles. The van der Waals surface area contributed by atoms with Crippen molar-refractivity contribution in [2.45, 2.75) is 25.5 Å². The second kappa shape index (κ2) is 6.31. The lowest BCUT2D eigenvalue weighted by atomic mass is 10.2. The van der Waals surface area contributed by atoms with Crippen molar-refractivity contribution >= 4 is 17.8 Å². The van der Waals surface area contributed by atoms with E-state index in [1.165, 1.54) is 18.9 Å². The molecule has 1 saturated heterocycles. The van der Waals surface area contributed by atoms with Crippen LogP contribution in [0.1, 0.15) is 13.3 Å². The zero-order chi connectivity index (χ0) is 13.7. The van der Waals surface area contributed by atoms with Crippen molar-refractivity contribution in [3.8, 4) is 0 Å². The molecular formula is C10H17N3O5. The number of hydrogen-bond acceptors (Lipinski definition) is 6. The fraction of sp³-hybridized carbons (Fsp3) is 0.700. The first kappa shape index (κ1) is 14.4. The zero-order valence-electron chi connectivity index (χ0n) is 10.3. The Hall–Kier alpha value is -1.67. The molecule has 0 aromatic heterocycles. The van der Waals surface area contributed by atoms with E-state index >= 15 is 0 Å². The van der Waals surface area contributed by atoms with Crippen LogP contribution in [0.3, 0.4) is 0 Å². The highest BCUT2D eigenvalue weighted by molar-refractivity contribution is 5.83. The summed E-state index contributed by atoms with van der Waals surface area (Å²) in [6.45, 7) is 1.38. The Morgan fingerprint density at radius 1 is 1.39 bits per heavy atom. The van der Waals surface area contributed by atoms with Gasteiger partial charge in [-0.15, -0.1) is 0 Å². The third-order valence-corrected chi connectivity index (χ3v) is 2.58. The summed E-state index contributed by atoms with van der Waals surface area (Å²) in [5.41, 5.74) is 4.33. The van der Waals surface area contributed by atoms with E-state index in [1.807, 2.05) is 0 Å². The van der Waals surface area contributed by atoms with Crippen LogP contribution in [0.15, 0.2) is 0 Å². The lowest BCUT2D eigenvalue weighted by Gasteiger charge is -2.21. The summed E-state index contributed by atoms with van der Waals surface area (Å²) in [5.74, 6) is -1.35. The second-order valence-corrected chi connectivity index (χ2v) is 4.09. The quantitative estimate of drug-likeness (QED) is 0.391. The molecular weight excluding hydrogens is 242 g/mol. The normalized spacial score (nSPS) is 23.5. The van der Waals surface area contributed by atoms with Gasteiger partial charge in [0.2, 0.25) is 5.91 Å². The zero-order valence-corrected chi connectivity index (χ0v) is 10.3.